The minimum atomic E-state index is -0.0927. The Morgan fingerprint density at radius 2 is 1.73 bits per heavy atom. The van der Waals surface area contributed by atoms with Crippen LogP contribution in [0, 0.1) is 0 Å². The Kier molecular flexibility index (Phi) is 2.55. The zero-order valence-corrected chi connectivity index (χ0v) is 14.0. The topological polar surface area (TPSA) is 57.2 Å². The molecule has 130 valence electrons. The van der Waals surface area contributed by atoms with Crippen LogP contribution in [0.3, 0.4) is 0 Å². The van der Waals surface area contributed by atoms with E-state index in [0.29, 0.717) is 17.1 Å². The molecule has 4 aliphatic rings. The number of fused-ring (bicyclic) bond motifs is 8. The van der Waals surface area contributed by atoms with Crippen molar-refractivity contribution in [2.45, 2.75) is 12.0 Å². The van der Waals surface area contributed by atoms with Crippen LogP contribution in [-0.4, -0.2) is 31.4 Å². The maximum atomic E-state index is 13.2. The fourth-order valence-corrected chi connectivity index (χ4v) is 4.39. The summed E-state index contributed by atoms with van der Waals surface area (Å²) in [6.07, 6.45) is 4.25. The van der Waals surface area contributed by atoms with E-state index in [0.717, 1.165) is 28.2 Å². The van der Waals surface area contributed by atoms with E-state index < -0.39 is 0 Å². The summed E-state index contributed by atoms with van der Waals surface area (Å²) in [7, 11) is 1.84. The zero-order valence-electron chi connectivity index (χ0n) is 14.0. The average molecular weight is 349 g/mol. The smallest absolute Gasteiger partial charge is 0.258 e. The van der Waals surface area contributed by atoms with Gasteiger partial charge in [0.15, 0.2) is 23.0 Å². The third-order valence-corrected chi connectivity index (χ3v) is 5.60. The van der Waals surface area contributed by atoms with Crippen LogP contribution in [0.2, 0.25) is 0 Å². The summed E-state index contributed by atoms with van der Waals surface area (Å²) >= 11 is 0. The highest BCUT2D eigenvalue weighted by Gasteiger charge is 2.43. The molecule has 0 spiro atoms. The molecule has 0 bridgehead atoms. The molecule has 6 rings (SSSR count). The van der Waals surface area contributed by atoms with Crippen LogP contribution >= 0.6 is 0 Å². The second-order valence-electron chi connectivity index (χ2n) is 6.84. The summed E-state index contributed by atoms with van der Waals surface area (Å²) in [6, 6.07) is 7.76. The lowest BCUT2D eigenvalue weighted by molar-refractivity contribution is 0.0682. The third kappa shape index (κ3) is 1.64. The van der Waals surface area contributed by atoms with Crippen molar-refractivity contribution in [3.63, 3.8) is 0 Å². The fraction of sp³-hybridized carbons (Fsp3) is 0.250. The number of benzene rings is 2. The molecule has 6 heteroatoms. The maximum Gasteiger partial charge on any atom is 0.258 e. The molecule has 0 aromatic heterocycles. The van der Waals surface area contributed by atoms with E-state index >= 15 is 0 Å². The molecule has 3 aliphatic heterocycles. The number of carbonyl (C=O) groups is 1. The van der Waals surface area contributed by atoms with Crippen molar-refractivity contribution in [2.75, 3.05) is 20.6 Å². The molecule has 2 atom stereocenters. The number of hydrogen-bond donors (Lipinski definition) is 0. The fourth-order valence-electron chi connectivity index (χ4n) is 4.39. The van der Waals surface area contributed by atoms with E-state index in [4.69, 9.17) is 18.9 Å². The number of nitrogens with zero attached hydrogens (tertiary/aromatic N) is 1. The summed E-state index contributed by atoms with van der Waals surface area (Å²) in [5.74, 6) is 2.67. The van der Waals surface area contributed by atoms with Crippen LogP contribution in [0.5, 0.6) is 23.0 Å². The molecule has 2 aromatic carbocycles. The predicted molar refractivity (Wildman–Crippen MR) is 91.7 cm³/mol. The lowest BCUT2D eigenvalue weighted by atomic mass is 9.75. The molecule has 26 heavy (non-hydrogen) atoms. The van der Waals surface area contributed by atoms with Gasteiger partial charge in [-0.3, -0.25) is 4.79 Å². The first-order valence-corrected chi connectivity index (χ1v) is 8.54. The highest BCUT2D eigenvalue weighted by Crippen LogP contribution is 2.52. The van der Waals surface area contributed by atoms with E-state index in [9.17, 15) is 4.79 Å². The average Bonchev–Trinajstić information content (AvgIpc) is 3.31. The van der Waals surface area contributed by atoms with Crippen molar-refractivity contribution in [3.8, 4) is 23.0 Å². The first-order chi connectivity index (χ1) is 12.7. The summed E-state index contributed by atoms with van der Waals surface area (Å²) in [5, 5.41) is 0. The second kappa shape index (κ2) is 4.72. The van der Waals surface area contributed by atoms with Gasteiger partial charge in [0, 0.05) is 13.0 Å². The quantitative estimate of drug-likeness (QED) is 0.732. The summed E-state index contributed by atoms with van der Waals surface area (Å²) < 4.78 is 22.1. The molecular formula is C20H15NO5. The zero-order chi connectivity index (χ0) is 17.4. The van der Waals surface area contributed by atoms with Crippen molar-refractivity contribution in [1.29, 1.82) is 0 Å². The van der Waals surface area contributed by atoms with E-state index in [1.165, 1.54) is 0 Å². The number of amides is 1. The Labute approximate surface area is 149 Å². The molecule has 0 saturated heterocycles. The van der Waals surface area contributed by atoms with Gasteiger partial charge in [-0.25, -0.2) is 0 Å². The molecule has 0 N–H and O–H groups in total. The van der Waals surface area contributed by atoms with Gasteiger partial charge in [0.2, 0.25) is 13.6 Å². The van der Waals surface area contributed by atoms with Gasteiger partial charge >= 0.3 is 0 Å². The standard InChI is InChI=1S/C20H15NO5/c1-21-18-12(3-2-10-6-15-16(7-13(10)18)25-8-24-15)11-4-5-14-19(26-9-23-14)17(11)20(21)22/h2-7,12,18H,8-9H2,1H3. The van der Waals surface area contributed by atoms with Gasteiger partial charge in [-0.15, -0.1) is 0 Å². The molecule has 0 radical (unpaired) electrons. The van der Waals surface area contributed by atoms with Gasteiger partial charge in [0.25, 0.3) is 5.91 Å². The predicted octanol–water partition coefficient (Wildman–Crippen LogP) is 3.08. The monoisotopic (exact) mass is 349 g/mol. The number of likely N-dealkylation sites (N-methyl/N-ethyl adjacent to an activating group) is 1. The van der Waals surface area contributed by atoms with Gasteiger partial charge in [0.05, 0.1) is 11.6 Å². The lowest BCUT2D eigenvalue weighted by Crippen LogP contribution is -2.40. The van der Waals surface area contributed by atoms with Crippen LogP contribution < -0.4 is 18.9 Å². The first kappa shape index (κ1) is 14.1. The summed E-state index contributed by atoms with van der Waals surface area (Å²) in [5.41, 5.74) is 3.71. The summed E-state index contributed by atoms with van der Waals surface area (Å²) in [4.78, 5) is 15.0. The van der Waals surface area contributed by atoms with E-state index in [2.05, 4.69) is 12.2 Å². The van der Waals surface area contributed by atoms with Gasteiger partial charge in [-0.05, 0) is 34.9 Å². The largest absolute Gasteiger partial charge is 0.454 e. The number of carbonyl (C=O) groups excluding carboxylic acids is 1. The van der Waals surface area contributed by atoms with Gasteiger partial charge < -0.3 is 23.8 Å². The molecular weight excluding hydrogens is 334 g/mol. The minimum Gasteiger partial charge on any atom is -0.454 e. The highest BCUT2D eigenvalue weighted by atomic mass is 16.7. The Balaban J connectivity index is 1.57. The normalized spacial score (nSPS) is 23.6. The van der Waals surface area contributed by atoms with Crippen LogP contribution in [0.25, 0.3) is 6.08 Å². The molecule has 2 aromatic rings. The number of ether oxygens (including phenoxy) is 4. The molecule has 2 unspecified atom stereocenters. The molecule has 0 saturated carbocycles. The third-order valence-electron chi connectivity index (χ3n) is 5.60. The summed E-state index contributed by atoms with van der Waals surface area (Å²) in [6.45, 7) is 0.385. The van der Waals surface area contributed by atoms with Crippen molar-refractivity contribution >= 4 is 12.0 Å². The van der Waals surface area contributed by atoms with Gasteiger partial charge in [-0.1, -0.05) is 18.2 Å². The first-order valence-electron chi connectivity index (χ1n) is 8.54. The van der Waals surface area contributed by atoms with Gasteiger partial charge in [0.1, 0.15) is 0 Å². The number of rotatable bonds is 0. The Morgan fingerprint density at radius 1 is 0.962 bits per heavy atom. The van der Waals surface area contributed by atoms with Crippen molar-refractivity contribution in [2.24, 2.45) is 0 Å². The molecule has 1 aliphatic carbocycles. The van der Waals surface area contributed by atoms with E-state index in [-0.39, 0.29) is 31.5 Å². The van der Waals surface area contributed by atoms with Crippen molar-refractivity contribution < 1.29 is 23.7 Å². The molecule has 0 fully saturated rings. The Hall–Kier alpha value is -3.15. The Bertz CT molecular complexity index is 1010. The van der Waals surface area contributed by atoms with Crippen LogP contribution in [-0.2, 0) is 0 Å². The van der Waals surface area contributed by atoms with Crippen LogP contribution in [0.15, 0.2) is 30.3 Å². The molecule has 1 amide bonds. The Morgan fingerprint density at radius 3 is 2.62 bits per heavy atom. The highest BCUT2D eigenvalue weighted by molar-refractivity contribution is 6.01. The van der Waals surface area contributed by atoms with Crippen LogP contribution in [0.4, 0.5) is 0 Å². The number of hydrogen-bond acceptors (Lipinski definition) is 5. The molecule has 3 heterocycles. The lowest BCUT2D eigenvalue weighted by Gasteiger charge is -2.41. The van der Waals surface area contributed by atoms with Crippen molar-refractivity contribution in [3.05, 3.63) is 52.6 Å². The maximum absolute atomic E-state index is 13.2. The van der Waals surface area contributed by atoms with Crippen molar-refractivity contribution in [1.82, 2.24) is 4.90 Å². The van der Waals surface area contributed by atoms with E-state index in [1.807, 2.05) is 31.3 Å². The van der Waals surface area contributed by atoms with E-state index in [1.54, 1.807) is 4.90 Å². The second-order valence-corrected chi connectivity index (χ2v) is 6.84. The molecule has 6 nitrogen and oxygen atoms in total. The minimum absolute atomic E-state index is 0.0510. The SMILES string of the molecule is CN1C(=O)c2c(ccc3c2OCO3)C2C=Cc3cc4c(cc3C21)OCO4. The van der Waals surface area contributed by atoms with Gasteiger partial charge in [-0.2, -0.15) is 0 Å². The van der Waals surface area contributed by atoms with Crippen LogP contribution in [0.1, 0.15) is 39.0 Å².